The van der Waals surface area contributed by atoms with Crippen molar-refractivity contribution in [2.24, 2.45) is 11.6 Å². The third-order valence-corrected chi connectivity index (χ3v) is 6.61. The molecule has 0 radical (unpaired) electrons. The molecule has 6 nitrogen and oxygen atoms in total. The van der Waals surface area contributed by atoms with Crippen LogP contribution in [0.1, 0.15) is 27.9 Å². The number of rotatable bonds is 4. The van der Waals surface area contributed by atoms with E-state index >= 15 is 0 Å². The number of hydrogen-bond acceptors (Lipinski definition) is 5. The van der Waals surface area contributed by atoms with E-state index in [4.69, 9.17) is 40.6 Å². The van der Waals surface area contributed by atoms with Gasteiger partial charge in [-0.3, -0.25) is 9.69 Å². The number of nitrogens with zero attached hydrogens (tertiary/aromatic N) is 3. The number of hydrogen-bond donors (Lipinski definition) is 3. The fourth-order valence-corrected chi connectivity index (χ4v) is 4.67. The molecule has 1 aliphatic rings. The van der Waals surface area contributed by atoms with E-state index in [-0.39, 0.29) is 0 Å². The van der Waals surface area contributed by atoms with Gasteiger partial charge in [0.15, 0.2) is 0 Å². The van der Waals surface area contributed by atoms with Crippen LogP contribution in [0.5, 0.6) is 0 Å². The summed E-state index contributed by atoms with van der Waals surface area (Å²) in [6, 6.07) is 20.9. The first kappa shape index (κ1) is 22.3. The van der Waals surface area contributed by atoms with Gasteiger partial charge >= 0.3 is 0 Å². The van der Waals surface area contributed by atoms with Gasteiger partial charge < -0.3 is 11.6 Å². The highest BCUT2D eigenvalue weighted by Gasteiger charge is 2.36. The Morgan fingerprint density at radius 1 is 0.882 bits per heavy atom. The molecule has 4 aromatic rings. The van der Waals surface area contributed by atoms with E-state index in [0.29, 0.717) is 21.4 Å². The molecule has 5 rings (SSSR count). The van der Waals surface area contributed by atoms with E-state index in [1.54, 1.807) is 23.3 Å². The van der Waals surface area contributed by atoms with Crippen LogP contribution in [0, 0.1) is 0 Å². The van der Waals surface area contributed by atoms with Crippen molar-refractivity contribution in [1.82, 2.24) is 9.66 Å². The number of halogens is 2. The predicted octanol–water partition coefficient (Wildman–Crippen LogP) is 4.79. The lowest BCUT2D eigenvalue weighted by Gasteiger charge is -2.34. The smallest absolute Gasteiger partial charge is 0.114 e. The third-order valence-electron chi connectivity index (χ3n) is 6.13. The molecule has 0 saturated carbocycles. The maximum atomic E-state index is 7.17. The molecule has 0 amide bonds. The molecule has 6 N–H and O–H groups in total. The van der Waals surface area contributed by atoms with Gasteiger partial charge in [-0.25, -0.2) is 10.8 Å². The Labute approximate surface area is 207 Å². The predicted molar refractivity (Wildman–Crippen MR) is 139 cm³/mol. The Hall–Kier alpha value is -3.55. The molecule has 1 aliphatic heterocycles. The Morgan fingerprint density at radius 2 is 1.62 bits per heavy atom. The minimum atomic E-state index is -1.11. The summed E-state index contributed by atoms with van der Waals surface area (Å²) in [5.74, 6) is 12.6. The normalized spacial score (nSPS) is 15.0. The number of fused-ring (bicyclic) bond motifs is 1. The van der Waals surface area contributed by atoms with Crippen LogP contribution in [0.3, 0.4) is 0 Å². The van der Waals surface area contributed by atoms with E-state index in [0.717, 1.165) is 33.5 Å². The molecular formula is C26H22Cl2N6. The van der Waals surface area contributed by atoms with Crippen LogP contribution in [0.4, 0.5) is 5.69 Å². The van der Waals surface area contributed by atoms with Crippen molar-refractivity contribution in [2.45, 2.75) is 5.54 Å². The lowest BCUT2D eigenvalue weighted by Crippen LogP contribution is -2.42. The van der Waals surface area contributed by atoms with Crippen LogP contribution in [0.2, 0.25) is 10.0 Å². The quantitative estimate of drug-likeness (QED) is 0.358. The lowest BCUT2D eigenvalue weighted by molar-refractivity contribution is 0.606. The number of benzene rings is 3. The fraction of sp³-hybridized carbons (Fsp3) is 0.0385. The molecule has 8 heteroatoms. The van der Waals surface area contributed by atoms with Gasteiger partial charge in [-0.15, -0.1) is 0 Å². The van der Waals surface area contributed by atoms with Crippen LogP contribution < -0.4 is 22.4 Å². The number of aromatic nitrogens is 2. The topological polar surface area (TPSA) is 99.1 Å². The third kappa shape index (κ3) is 3.57. The number of nitrogen functional groups attached to an aromatic ring is 1. The molecule has 0 fully saturated rings. The Bertz CT molecular complexity index is 1440. The molecule has 1 aromatic heterocycles. The summed E-state index contributed by atoms with van der Waals surface area (Å²) in [5, 5.41) is 2.81. The SMILES string of the molecule is C=C1C=C(c2cccc(Cl)c2)c2cc(C(N)(c3ccc(Cl)cc3)c3cncn3N)ccc2N1N. The van der Waals surface area contributed by atoms with Crippen LogP contribution >= 0.6 is 23.2 Å². The van der Waals surface area contributed by atoms with E-state index < -0.39 is 5.54 Å². The summed E-state index contributed by atoms with van der Waals surface area (Å²) in [6.07, 6.45) is 5.12. The van der Waals surface area contributed by atoms with Crippen LogP contribution in [0.15, 0.2) is 97.6 Å². The van der Waals surface area contributed by atoms with Crippen molar-refractivity contribution in [1.29, 1.82) is 0 Å². The van der Waals surface area contributed by atoms with Crippen LogP contribution in [-0.4, -0.2) is 9.66 Å². The number of anilines is 1. The van der Waals surface area contributed by atoms with Crippen LogP contribution in [-0.2, 0) is 5.54 Å². The minimum Gasteiger partial charge on any atom is -0.338 e. The first-order valence-electron chi connectivity index (χ1n) is 10.5. The summed E-state index contributed by atoms with van der Waals surface area (Å²) >= 11 is 12.5. The van der Waals surface area contributed by atoms with Gasteiger partial charge in [-0.1, -0.05) is 60.1 Å². The maximum absolute atomic E-state index is 7.17. The lowest BCUT2D eigenvalue weighted by atomic mass is 9.79. The maximum Gasteiger partial charge on any atom is 0.114 e. The zero-order valence-electron chi connectivity index (χ0n) is 18.1. The summed E-state index contributed by atoms with van der Waals surface area (Å²) in [5.41, 5.74) is 12.5. The first-order valence-corrected chi connectivity index (χ1v) is 11.2. The Balaban J connectivity index is 1.76. The molecule has 34 heavy (non-hydrogen) atoms. The van der Waals surface area contributed by atoms with Crippen molar-refractivity contribution in [3.05, 3.63) is 136 Å². The van der Waals surface area contributed by atoms with Crippen molar-refractivity contribution in [3.8, 4) is 0 Å². The van der Waals surface area contributed by atoms with Crippen molar-refractivity contribution in [3.63, 3.8) is 0 Å². The molecule has 1 unspecified atom stereocenters. The van der Waals surface area contributed by atoms with E-state index in [1.165, 1.54) is 11.0 Å². The first-order chi connectivity index (χ1) is 16.3. The largest absolute Gasteiger partial charge is 0.338 e. The molecular weight excluding hydrogens is 467 g/mol. The van der Waals surface area contributed by atoms with Crippen LogP contribution in [0.25, 0.3) is 5.57 Å². The molecule has 2 heterocycles. The van der Waals surface area contributed by atoms with E-state index in [2.05, 4.69) is 11.6 Å². The average molecular weight is 489 g/mol. The van der Waals surface area contributed by atoms with Gasteiger partial charge in [0.2, 0.25) is 0 Å². The second kappa shape index (κ2) is 8.34. The molecule has 0 aliphatic carbocycles. The fourth-order valence-electron chi connectivity index (χ4n) is 4.36. The molecule has 170 valence electrons. The number of nitrogens with two attached hydrogens (primary N) is 3. The van der Waals surface area contributed by atoms with Crippen molar-refractivity contribution < 1.29 is 0 Å². The Morgan fingerprint density at radius 3 is 2.29 bits per heavy atom. The number of allylic oxidation sites excluding steroid dienone is 1. The second-order valence-corrected chi connectivity index (χ2v) is 9.04. The Kier molecular flexibility index (Phi) is 5.46. The molecule has 1 atom stereocenters. The van der Waals surface area contributed by atoms with Gasteiger partial charge in [0, 0.05) is 15.6 Å². The van der Waals surface area contributed by atoms with Gasteiger partial charge in [-0.05, 0) is 64.7 Å². The number of hydrazine groups is 1. The van der Waals surface area contributed by atoms with Gasteiger partial charge in [-0.2, -0.15) is 0 Å². The zero-order chi connectivity index (χ0) is 24.0. The van der Waals surface area contributed by atoms with Gasteiger partial charge in [0.05, 0.1) is 23.3 Å². The van der Waals surface area contributed by atoms with Gasteiger partial charge in [0.1, 0.15) is 11.9 Å². The van der Waals surface area contributed by atoms with Crippen molar-refractivity contribution in [2.75, 3.05) is 10.9 Å². The highest BCUT2D eigenvalue weighted by atomic mass is 35.5. The number of imidazole rings is 1. The highest BCUT2D eigenvalue weighted by Crippen LogP contribution is 2.42. The van der Waals surface area contributed by atoms with E-state index in [9.17, 15) is 0 Å². The summed E-state index contributed by atoms with van der Waals surface area (Å²) < 4.78 is 1.43. The van der Waals surface area contributed by atoms with Gasteiger partial charge in [0.25, 0.3) is 0 Å². The molecule has 0 bridgehead atoms. The minimum absolute atomic E-state index is 0.612. The zero-order valence-corrected chi connectivity index (χ0v) is 19.6. The van der Waals surface area contributed by atoms with E-state index in [1.807, 2.05) is 60.7 Å². The monoisotopic (exact) mass is 488 g/mol. The molecule has 0 spiro atoms. The standard InChI is InChI=1S/C26H22Cl2N6/c1-16-11-22(17-3-2-4-21(28)12-17)23-13-19(7-10-24(23)34(16)31)26(29,25-14-32-15-33(25)30)18-5-8-20(27)9-6-18/h2-15H,1,29-31H2. The second-order valence-electron chi connectivity index (χ2n) is 8.16. The summed E-state index contributed by atoms with van der Waals surface area (Å²) in [6.45, 7) is 4.10. The molecule has 3 aromatic carbocycles. The average Bonchev–Trinajstić information content (AvgIpc) is 3.27. The molecule has 0 saturated heterocycles. The summed E-state index contributed by atoms with van der Waals surface area (Å²) in [7, 11) is 0. The summed E-state index contributed by atoms with van der Waals surface area (Å²) in [4.78, 5) is 4.20. The highest BCUT2D eigenvalue weighted by molar-refractivity contribution is 6.31. The van der Waals surface area contributed by atoms with Crippen molar-refractivity contribution >= 4 is 34.5 Å².